The average molecular weight is 357 g/mol. The van der Waals surface area contributed by atoms with Gasteiger partial charge in [-0.05, 0) is 26.8 Å². The van der Waals surface area contributed by atoms with E-state index in [1.807, 2.05) is 0 Å². The molecule has 130 valence electrons. The van der Waals surface area contributed by atoms with Gasteiger partial charge in [0, 0.05) is 24.3 Å². The highest BCUT2D eigenvalue weighted by atomic mass is 32.1. The fourth-order valence-corrected chi connectivity index (χ4v) is 2.53. The van der Waals surface area contributed by atoms with Gasteiger partial charge in [-0.15, -0.1) is 11.3 Å². The number of rotatable bonds is 5. The molecule has 1 aromatic carbocycles. The van der Waals surface area contributed by atoms with Crippen LogP contribution >= 0.6 is 11.3 Å². The van der Waals surface area contributed by atoms with E-state index in [-0.39, 0.29) is 5.56 Å². The van der Waals surface area contributed by atoms with Gasteiger partial charge in [-0.25, -0.2) is 18.2 Å². The van der Waals surface area contributed by atoms with Crippen molar-refractivity contribution < 1.29 is 17.9 Å². The van der Waals surface area contributed by atoms with Gasteiger partial charge in [-0.1, -0.05) is 6.07 Å². The van der Waals surface area contributed by atoms with Crippen molar-refractivity contribution in [3.63, 3.8) is 0 Å². The van der Waals surface area contributed by atoms with Gasteiger partial charge in [0.2, 0.25) is 0 Å². The van der Waals surface area contributed by atoms with Gasteiger partial charge in [-0.3, -0.25) is 4.99 Å². The van der Waals surface area contributed by atoms with E-state index >= 15 is 0 Å². The molecule has 0 amide bonds. The number of amidine groups is 1. The Morgan fingerprint density at radius 3 is 2.58 bits per heavy atom. The number of hydrogen-bond donors (Lipinski definition) is 1. The third-order valence-corrected chi connectivity index (χ3v) is 4.18. The molecule has 1 aromatic heterocycles. The number of hydrogen-bond acceptors (Lipinski definition) is 4. The van der Waals surface area contributed by atoms with Crippen molar-refractivity contribution in [2.45, 2.75) is 32.5 Å². The van der Waals surface area contributed by atoms with Gasteiger partial charge in [0.25, 0.3) is 0 Å². The lowest BCUT2D eigenvalue weighted by Gasteiger charge is -2.26. The van der Waals surface area contributed by atoms with E-state index in [2.05, 4.69) is 15.3 Å². The summed E-state index contributed by atoms with van der Waals surface area (Å²) < 4.78 is 45.8. The Hall–Kier alpha value is -1.93. The Morgan fingerprint density at radius 2 is 2.00 bits per heavy atom. The van der Waals surface area contributed by atoms with Crippen molar-refractivity contribution >= 4 is 17.2 Å². The van der Waals surface area contributed by atoms with Crippen LogP contribution in [0.3, 0.4) is 0 Å². The Labute approximate surface area is 142 Å². The van der Waals surface area contributed by atoms with Crippen LogP contribution in [0.15, 0.2) is 28.7 Å². The van der Waals surface area contributed by atoms with Crippen LogP contribution in [0.25, 0.3) is 0 Å². The zero-order valence-corrected chi connectivity index (χ0v) is 14.5. The molecule has 0 radical (unpaired) electrons. The third kappa shape index (κ3) is 4.12. The van der Waals surface area contributed by atoms with E-state index in [9.17, 15) is 13.2 Å². The summed E-state index contributed by atoms with van der Waals surface area (Å²) in [6.45, 7) is 5.17. The molecular formula is C16H18F3N3OS. The lowest BCUT2D eigenvalue weighted by Crippen LogP contribution is -2.45. The molecule has 0 spiro atoms. The molecule has 0 aliphatic carbocycles. The predicted octanol–water partition coefficient (Wildman–Crippen LogP) is 4.04. The molecule has 24 heavy (non-hydrogen) atoms. The molecule has 2 aromatic rings. The number of benzene rings is 1. The number of ether oxygens (including phenoxy) is 1. The van der Waals surface area contributed by atoms with Crippen LogP contribution in [-0.2, 0) is 4.74 Å². The van der Waals surface area contributed by atoms with Crippen LogP contribution in [0.1, 0.15) is 37.4 Å². The van der Waals surface area contributed by atoms with Gasteiger partial charge in [-0.2, -0.15) is 0 Å². The number of nitrogens with one attached hydrogen (secondary N) is 1. The zero-order valence-electron chi connectivity index (χ0n) is 13.7. The summed E-state index contributed by atoms with van der Waals surface area (Å²) in [5, 5.41) is 5.43. The molecule has 8 heteroatoms. The lowest BCUT2D eigenvalue weighted by molar-refractivity contribution is 0.00977. The Kier molecular flexibility index (Phi) is 5.61. The van der Waals surface area contributed by atoms with E-state index in [1.54, 1.807) is 32.3 Å². The first-order valence-electron chi connectivity index (χ1n) is 7.19. The second kappa shape index (κ2) is 7.31. The fourth-order valence-electron chi connectivity index (χ4n) is 1.94. The van der Waals surface area contributed by atoms with E-state index in [0.29, 0.717) is 10.8 Å². The number of methoxy groups -OCH3 is 1. The summed E-state index contributed by atoms with van der Waals surface area (Å²) in [6.07, 6.45) is 1.61. The van der Waals surface area contributed by atoms with Crippen molar-refractivity contribution in [2.24, 2.45) is 4.99 Å². The molecule has 4 nitrogen and oxygen atoms in total. The smallest absolute Gasteiger partial charge is 0.194 e. The SMILES string of the molecule is COC(C)(C)N/C(=N\[C@H](C)c1ccc(F)c(F)c1F)c1nccs1. The molecule has 0 unspecified atom stereocenters. The number of thiazole rings is 1. The largest absolute Gasteiger partial charge is 0.360 e. The maximum Gasteiger partial charge on any atom is 0.194 e. The molecule has 0 saturated carbocycles. The minimum Gasteiger partial charge on any atom is -0.360 e. The zero-order chi connectivity index (χ0) is 17.9. The summed E-state index contributed by atoms with van der Waals surface area (Å²) in [6, 6.07) is 1.32. The monoisotopic (exact) mass is 357 g/mol. The molecule has 0 saturated heterocycles. The molecule has 2 rings (SSSR count). The van der Waals surface area contributed by atoms with E-state index < -0.39 is 29.2 Å². The first kappa shape index (κ1) is 18.4. The quantitative estimate of drug-likeness (QED) is 0.380. The number of aromatic nitrogens is 1. The van der Waals surface area contributed by atoms with Gasteiger partial charge in [0.1, 0.15) is 5.72 Å². The average Bonchev–Trinajstić information content (AvgIpc) is 3.06. The van der Waals surface area contributed by atoms with E-state index in [0.717, 1.165) is 6.07 Å². The molecule has 0 aliphatic heterocycles. The van der Waals surface area contributed by atoms with Gasteiger partial charge < -0.3 is 10.1 Å². The second-order valence-electron chi connectivity index (χ2n) is 5.59. The van der Waals surface area contributed by atoms with Crippen molar-refractivity contribution in [1.29, 1.82) is 0 Å². The summed E-state index contributed by atoms with van der Waals surface area (Å²) in [7, 11) is 1.53. The predicted molar refractivity (Wildman–Crippen MR) is 87.6 cm³/mol. The van der Waals surface area contributed by atoms with Crippen molar-refractivity contribution in [1.82, 2.24) is 10.3 Å². The minimum absolute atomic E-state index is 0.0417. The highest BCUT2D eigenvalue weighted by Gasteiger charge is 2.23. The molecule has 1 heterocycles. The number of aliphatic imine (C=N–C) groups is 1. The van der Waals surface area contributed by atoms with Gasteiger partial charge >= 0.3 is 0 Å². The molecule has 1 N–H and O–H groups in total. The Morgan fingerprint density at radius 1 is 1.29 bits per heavy atom. The molecule has 0 fully saturated rings. The molecule has 1 atom stereocenters. The lowest BCUT2D eigenvalue weighted by atomic mass is 10.1. The van der Waals surface area contributed by atoms with E-state index in [4.69, 9.17) is 4.74 Å². The van der Waals surface area contributed by atoms with Crippen LogP contribution in [0, 0.1) is 17.5 Å². The summed E-state index contributed by atoms with van der Waals surface area (Å²) in [5.74, 6) is -3.59. The van der Waals surface area contributed by atoms with E-state index in [1.165, 1.54) is 24.5 Å². The van der Waals surface area contributed by atoms with Gasteiger partial charge in [0.05, 0.1) is 6.04 Å². The van der Waals surface area contributed by atoms with Crippen LogP contribution in [0.2, 0.25) is 0 Å². The van der Waals surface area contributed by atoms with Gasteiger partial charge in [0.15, 0.2) is 28.3 Å². The normalized spacial score (nSPS) is 13.9. The van der Waals surface area contributed by atoms with Crippen molar-refractivity contribution in [3.8, 4) is 0 Å². The first-order chi connectivity index (χ1) is 11.2. The Balaban J connectivity index is 2.41. The molecule has 0 bridgehead atoms. The standard InChI is InChI=1S/C16H18F3N3OS/c1-9(10-5-6-11(17)13(19)12(10)18)21-14(15-20-7-8-24-15)22-16(2,3)23-4/h5-9H,1-4H3,(H,21,22)/t9-/m1/s1. The number of halogens is 3. The summed E-state index contributed by atoms with van der Waals surface area (Å²) >= 11 is 1.34. The number of nitrogens with zero attached hydrogens (tertiary/aromatic N) is 2. The summed E-state index contributed by atoms with van der Waals surface area (Å²) in [4.78, 5) is 8.58. The molecule has 0 aliphatic rings. The highest BCUT2D eigenvalue weighted by Crippen LogP contribution is 2.25. The van der Waals surface area contributed by atoms with Crippen LogP contribution < -0.4 is 5.32 Å². The molecular weight excluding hydrogens is 339 g/mol. The van der Waals surface area contributed by atoms with Crippen molar-refractivity contribution in [3.05, 3.63) is 51.7 Å². The van der Waals surface area contributed by atoms with Crippen LogP contribution in [0.5, 0.6) is 0 Å². The maximum absolute atomic E-state index is 14.0. The maximum atomic E-state index is 14.0. The third-order valence-electron chi connectivity index (χ3n) is 3.40. The minimum atomic E-state index is -1.50. The topological polar surface area (TPSA) is 46.5 Å². The summed E-state index contributed by atoms with van der Waals surface area (Å²) in [5.41, 5.74) is -0.781. The highest BCUT2D eigenvalue weighted by molar-refractivity contribution is 7.11. The second-order valence-corrected chi connectivity index (χ2v) is 6.49. The Bertz CT molecular complexity index is 732. The fraction of sp³-hybridized carbons (Fsp3) is 0.375. The van der Waals surface area contributed by atoms with Crippen LogP contribution in [0.4, 0.5) is 13.2 Å². The van der Waals surface area contributed by atoms with Crippen molar-refractivity contribution in [2.75, 3.05) is 7.11 Å². The van der Waals surface area contributed by atoms with Crippen LogP contribution in [-0.4, -0.2) is 23.7 Å². The first-order valence-corrected chi connectivity index (χ1v) is 8.07.